The molecule has 2 fully saturated rings. The molecule has 0 bridgehead atoms. The Kier molecular flexibility index (Phi) is 4.49. The molecule has 1 amide bonds. The summed E-state index contributed by atoms with van der Waals surface area (Å²) in [6, 6.07) is 7.22. The smallest absolute Gasteiger partial charge is 0.273 e. The fourth-order valence-electron chi connectivity index (χ4n) is 4.98. The molecule has 2 aliphatic rings. The number of aromatic nitrogens is 1. The fraction of sp³-hybridized carbons (Fsp3) is 0.524. The van der Waals surface area contributed by atoms with E-state index in [4.69, 9.17) is 0 Å². The fourth-order valence-corrected chi connectivity index (χ4v) is 5.79. The first-order chi connectivity index (χ1) is 12.8. The number of carbonyl (C=O) groups excluding carboxylic acids is 1. The van der Waals surface area contributed by atoms with Gasteiger partial charge in [-0.25, -0.2) is 9.37 Å². The van der Waals surface area contributed by atoms with Gasteiger partial charge in [0.15, 0.2) is 0 Å². The van der Waals surface area contributed by atoms with Crippen LogP contribution in [-0.2, 0) is 0 Å². The number of aryl methyl sites for hydroxylation is 2. The minimum Gasteiger partial charge on any atom is -0.363 e. The van der Waals surface area contributed by atoms with Crippen LogP contribution in [0.5, 0.6) is 0 Å². The Morgan fingerprint density at radius 1 is 1.33 bits per heavy atom. The van der Waals surface area contributed by atoms with Crippen molar-refractivity contribution >= 4 is 22.9 Å². The number of anilines is 1. The molecule has 4 rings (SSSR count). The average Bonchev–Trinajstić information content (AvgIpc) is 3.07. The average molecular weight is 388 g/mol. The zero-order valence-corrected chi connectivity index (χ0v) is 17.1. The van der Waals surface area contributed by atoms with Gasteiger partial charge >= 0.3 is 0 Å². The van der Waals surface area contributed by atoms with Crippen molar-refractivity contribution in [2.75, 3.05) is 18.0 Å². The second-order valence-electron chi connectivity index (χ2n) is 8.37. The molecule has 6 heteroatoms. The molecule has 4 nitrogen and oxygen atoms in total. The van der Waals surface area contributed by atoms with Gasteiger partial charge in [-0.05, 0) is 64.7 Å². The summed E-state index contributed by atoms with van der Waals surface area (Å²) in [5.41, 5.74) is 1.49. The first kappa shape index (κ1) is 18.4. The Bertz CT molecular complexity index is 878. The van der Waals surface area contributed by atoms with Crippen LogP contribution >= 0.6 is 11.3 Å². The summed E-state index contributed by atoms with van der Waals surface area (Å²) in [6.45, 7) is 9.81. The van der Waals surface area contributed by atoms with Crippen molar-refractivity contribution in [1.82, 2.24) is 9.88 Å². The van der Waals surface area contributed by atoms with Gasteiger partial charge < -0.3 is 9.80 Å². The van der Waals surface area contributed by atoms with Crippen LogP contribution in [0.2, 0.25) is 0 Å². The van der Waals surface area contributed by atoms with E-state index < -0.39 is 0 Å². The van der Waals surface area contributed by atoms with Gasteiger partial charge in [0.25, 0.3) is 5.91 Å². The highest BCUT2D eigenvalue weighted by atomic mass is 32.1. The maximum Gasteiger partial charge on any atom is 0.273 e. The van der Waals surface area contributed by atoms with E-state index in [9.17, 15) is 9.18 Å². The van der Waals surface area contributed by atoms with E-state index >= 15 is 0 Å². The van der Waals surface area contributed by atoms with Crippen molar-refractivity contribution in [1.29, 1.82) is 0 Å². The summed E-state index contributed by atoms with van der Waals surface area (Å²) in [4.78, 5) is 22.8. The lowest BCUT2D eigenvalue weighted by Gasteiger charge is -2.41. The number of hydrogen-bond donors (Lipinski definition) is 0. The Morgan fingerprint density at radius 2 is 2.11 bits per heavy atom. The van der Waals surface area contributed by atoms with Gasteiger partial charge in [0.05, 0.1) is 5.01 Å². The lowest BCUT2D eigenvalue weighted by molar-refractivity contribution is 0.0661. The zero-order valence-electron chi connectivity index (χ0n) is 16.3. The third kappa shape index (κ3) is 3.24. The normalized spacial score (nSPS) is 24.2. The second kappa shape index (κ2) is 6.59. The van der Waals surface area contributed by atoms with Crippen molar-refractivity contribution < 1.29 is 9.18 Å². The number of nitrogens with zero attached hydrogens (tertiary/aromatic N) is 3. The SMILES string of the molecule is Cc1nc(C(=O)N2CC[C@H]3[C@@H](C2)CC(C)(C)N3c2cccc(F)c2)c(C)s1. The highest BCUT2D eigenvalue weighted by Crippen LogP contribution is 2.44. The molecule has 0 saturated carbocycles. The lowest BCUT2D eigenvalue weighted by Crippen LogP contribution is -2.50. The molecule has 0 spiro atoms. The summed E-state index contributed by atoms with van der Waals surface area (Å²) >= 11 is 1.58. The van der Waals surface area contributed by atoms with Gasteiger partial charge in [-0.3, -0.25) is 4.79 Å². The minimum atomic E-state index is -0.200. The van der Waals surface area contributed by atoms with Gasteiger partial charge in [0.2, 0.25) is 0 Å². The van der Waals surface area contributed by atoms with E-state index in [1.54, 1.807) is 23.5 Å². The largest absolute Gasteiger partial charge is 0.363 e. The molecule has 1 aromatic carbocycles. The van der Waals surface area contributed by atoms with E-state index in [2.05, 4.69) is 23.7 Å². The monoisotopic (exact) mass is 387 g/mol. The van der Waals surface area contributed by atoms with Crippen LogP contribution in [0.3, 0.4) is 0 Å². The van der Waals surface area contributed by atoms with Crippen LogP contribution in [-0.4, -0.2) is 40.5 Å². The zero-order chi connectivity index (χ0) is 19.3. The molecule has 2 atom stereocenters. The van der Waals surface area contributed by atoms with Crippen LogP contribution in [0.25, 0.3) is 0 Å². The van der Waals surface area contributed by atoms with Gasteiger partial charge in [0, 0.05) is 35.2 Å². The van der Waals surface area contributed by atoms with E-state index in [1.165, 1.54) is 6.07 Å². The number of fused-ring (bicyclic) bond motifs is 1. The number of thiazole rings is 1. The molecule has 2 aromatic rings. The molecule has 144 valence electrons. The number of rotatable bonds is 2. The maximum atomic E-state index is 13.8. The third-order valence-electron chi connectivity index (χ3n) is 5.92. The number of piperidine rings is 1. The summed E-state index contributed by atoms with van der Waals surface area (Å²) in [7, 11) is 0. The topological polar surface area (TPSA) is 36.4 Å². The Hall–Kier alpha value is -1.95. The van der Waals surface area contributed by atoms with Crippen molar-refractivity contribution in [2.24, 2.45) is 5.92 Å². The molecule has 0 N–H and O–H groups in total. The van der Waals surface area contributed by atoms with Crippen LogP contribution < -0.4 is 4.90 Å². The van der Waals surface area contributed by atoms with E-state index in [0.717, 1.165) is 41.5 Å². The number of hydrogen-bond acceptors (Lipinski definition) is 4. The summed E-state index contributed by atoms with van der Waals surface area (Å²) in [6.07, 6.45) is 1.89. The minimum absolute atomic E-state index is 0.0531. The highest BCUT2D eigenvalue weighted by molar-refractivity contribution is 7.11. The van der Waals surface area contributed by atoms with Gasteiger partial charge in [-0.2, -0.15) is 0 Å². The van der Waals surface area contributed by atoms with Gasteiger partial charge in [-0.15, -0.1) is 11.3 Å². The first-order valence-electron chi connectivity index (χ1n) is 9.54. The predicted octanol–water partition coefficient (Wildman–Crippen LogP) is 4.42. The van der Waals surface area contributed by atoms with Gasteiger partial charge in [0.1, 0.15) is 11.5 Å². The molecular formula is C21H26FN3OS. The number of carbonyl (C=O) groups is 1. The van der Waals surface area contributed by atoms with Gasteiger partial charge in [-0.1, -0.05) is 6.07 Å². The number of halogens is 1. The second-order valence-corrected chi connectivity index (χ2v) is 9.78. The van der Waals surface area contributed by atoms with Crippen LogP contribution in [0, 0.1) is 25.6 Å². The number of likely N-dealkylation sites (tertiary alicyclic amines) is 1. The Morgan fingerprint density at radius 3 is 2.78 bits per heavy atom. The Labute approximate surface area is 164 Å². The van der Waals surface area contributed by atoms with E-state index in [-0.39, 0.29) is 17.3 Å². The molecule has 27 heavy (non-hydrogen) atoms. The molecule has 2 aliphatic heterocycles. The highest BCUT2D eigenvalue weighted by Gasteiger charge is 2.48. The number of benzene rings is 1. The van der Waals surface area contributed by atoms with Crippen molar-refractivity contribution in [3.63, 3.8) is 0 Å². The van der Waals surface area contributed by atoms with E-state index in [1.807, 2.05) is 24.8 Å². The molecular weight excluding hydrogens is 361 g/mol. The van der Waals surface area contributed by atoms with Crippen LogP contribution in [0.1, 0.15) is 47.1 Å². The Balaban J connectivity index is 1.56. The molecule has 3 heterocycles. The summed E-state index contributed by atoms with van der Waals surface area (Å²) < 4.78 is 13.8. The van der Waals surface area contributed by atoms with Crippen molar-refractivity contribution in [3.05, 3.63) is 45.7 Å². The molecule has 1 aromatic heterocycles. The quantitative estimate of drug-likeness (QED) is 0.765. The number of amides is 1. The molecule has 0 unspecified atom stereocenters. The van der Waals surface area contributed by atoms with E-state index in [0.29, 0.717) is 17.7 Å². The first-order valence-corrected chi connectivity index (χ1v) is 10.4. The summed E-state index contributed by atoms with van der Waals surface area (Å²) in [5, 5.41) is 0.935. The summed E-state index contributed by atoms with van der Waals surface area (Å²) in [5.74, 6) is 0.243. The molecule has 0 radical (unpaired) electrons. The lowest BCUT2D eigenvalue weighted by atomic mass is 9.89. The predicted molar refractivity (Wildman–Crippen MR) is 107 cm³/mol. The molecule has 2 saturated heterocycles. The van der Waals surface area contributed by atoms with Crippen molar-refractivity contribution in [3.8, 4) is 0 Å². The van der Waals surface area contributed by atoms with Crippen LogP contribution in [0.15, 0.2) is 24.3 Å². The van der Waals surface area contributed by atoms with Crippen LogP contribution in [0.4, 0.5) is 10.1 Å². The standard InChI is InChI=1S/C21H26FN3OS/c1-13-19(23-14(2)27-13)20(26)24-9-8-18-15(12-24)11-21(3,4)25(18)17-7-5-6-16(22)10-17/h5-7,10,15,18H,8-9,11-12H2,1-4H3/t15-,18+/m1/s1. The van der Waals surface area contributed by atoms with Crippen molar-refractivity contribution in [2.45, 2.75) is 52.1 Å². The third-order valence-corrected chi connectivity index (χ3v) is 6.81. The maximum absolute atomic E-state index is 13.8. The molecule has 0 aliphatic carbocycles.